The van der Waals surface area contributed by atoms with E-state index in [1.807, 2.05) is 0 Å². The third-order valence-electron chi connectivity index (χ3n) is 3.85. The fourth-order valence-electron chi connectivity index (χ4n) is 2.34. The fourth-order valence-corrected chi connectivity index (χ4v) is 3.27. The number of carbonyl (C=O) groups excluding carboxylic acids is 1. The average molecular weight is 394 g/mol. The smallest absolute Gasteiger partial charge is 0.259 e. The number of sulfonamides is 1. The summed E-state index contributed by atoms with van der Waals surface area (Å²) in [4.78, 5) is 12.8. The van der Waals surface area contributed by atoms with E-state index in [1.165, 1.54) is 59.7 Å². The number of ether oxygens (including phenoxy) is 3. The van der Waals surface area contributed by atoms with Gasteiger partial charge in [0.1, 0.15) is 17.2 Å². The van der Waals surface area contributed by atoms with Gasteiger partial charge in [-0.15, -0.1) is 0 Å². The highest BCUT2D eigenvalue weighted by molar-refractivity contribution is 7.89. The number of nitrogens with one attached hydrogen (secondary N) is 1. The van der Waals surface area contributed by atoms with Gasteiger partial charge in [-0.3, -0.25) is 4.79 Å². The van der Waals surface area contributed by atoms with Gasteiger partial charge in [-0.25, -0.2) is 12.7 Å². The van der Waals surface area contributed by atoms with Crippen molar-refractivity contribution in [3.05, 3.63) is 42.0 Å². The maximum Gasteiger partial charge on any atom is 0.259 e. The summed E-state index contributed by atoms with van der Waals surface area (Å²) in [6.07, 6.45) is 0. The second kappa shape index (κ2) is 8.28. The SMILES string of the molecule is COc1ccc(OC)c(C(=O)Nc2cc(S(=O)(=O)N(C)C)ccc2OC)c1. The minimum atomic E-state index is -3.67. The van der Waals surface area contributed by atoms with Gasteiger partial charge in [-0.05, 0) is 36.4 Å². The predicted molar refractivity (Wildman–Crippen MR) is 101 cm³/mol. The molecule has 0 aliphatic heterocycles. The highest BCUT2D eigenvalue weighted by Crippen LogP contribution is 2.30. The Morgan fingerprint density at radius 1 is 0.926 bits per heavy atom. The zero-order valence-electron chi connectivity index (χ0n) is 15.8. The van der Waals surface area contributed by atoms with E-state index in [2.05, 4.69) is 5.32 Å². The molecule has 1 amide bonds. The highest BCUT2D eigenvalue weighted by Gasteiger charge is 2.21. The van der Waals surface area contributed by atoms with E-state index < -0.39 is 15.9 Å². The van der Waals surface area contributed by atoms with Crippen LogP contribution < -0.4 is 19.5 Å². The Morgan fingerprint density at radius 2 is 1.56 bits per heavy atom. The second-order valence-electron chi connectivity index (χ2n) is 5.67. The van der Waals surface area contributed by atoms with E-state index in [1.54, 1.807) is 12.1 Å². The van der Waals surface area contributed by atoms with Crippen molar-refractivity contribution in [1.82, 2.24) is 4.31 Å². The van der Waals surface area contributed by atoms with Gasteiger partial charge in [0.2, 0.25) is 10.0 Å². The van der Waals surface area contributed by atoms with Gasteiger partial charge in [-0.2, -0.15) is 0 Å². The molecule has 9 heteroatoms. The molecule has 8 nitrogen and oxygen atoms in total. The van der Waals surface area contributed by atoms with Crippen molar-refractivity contribution in [2.24, 2.45) is 0 Å². The third kappa shape index (κ3) is 4.32. The Labute approximate surface area is 158 Å². The molecule has 0 unspecified atom stereocenters. The number of nitrogens with zero attached hydrogens (tertiary/aromatic N) is 1. The predicted octanol–water partition coefficient (Wildman–Crippen LogP) is 2.21. The number of hydrogen-bond acceptors (Lipinski definition) is 6. The minimum absolute atomic E-state index is 0.0289. The fraction of sp³-hybridized carbons (Fsp3) is 0.278. The van der Waals surface area contributed by atoms with Crippen molar-refractivity contribution in [2.45, 2.75) is 4.90 Å². The standard InChI is InChI=1S/C18H22N2O6S/c1-20(2)27(22,23)13-7-9-17(26-5)15(11-13)19-18(21)14-10-12(24-3)6-8-16(14)25-4/h6-11H,1-5H3,(H,19,21). The van der Waals surface area contributed by atoms with Crippen LogP contribution in [-0.2, 0) is 10.0 Å². The van der Waals surface area contributed by atoms with Crippen LogP contribution in [0.1, 0.15) is 10.4 Å². The average Bonchev–Trinajstić information content (AvgIpc) is 2.67. The van der Waals surface area contributed by atoms with Crippen molar-refractivity contribution >= 4 is 21.6 Å². The van der Waals surface area contributed by atoms with E-state index in [9.17, 15) is 13.2 Å². The molecule has 2 aromatic rings. The Hall–Kier alpha value is -2.78. The molecule has 0 heterocycles. The molecule has 0 spiro atoms. The third-order valence-corrected chi connectivity index (χ3v) is 5.66. The van der Waals surface area contributed by atoms with E-state index >= 15 is 0 Å². The molecule has 0 bridgehead atoms. The lowest BCUT2D eigenvalue weighted by atomic mass is 10.1. The van der Waals surface area contributed by atoms with Crippen molar-refractivity contribution in [3.63, 3.8) is 0 Å². The topological polar surface area (TPSA) is 94.2 Å². The molecule has 0 aromatic heterocycles. The van der Waals surface area contributed by atoms with E-state index in [0.29, 0.717) is 17.2 Å². The molecule has 0 aliphatic rings. The molecule has 27 heavy (non-hydrogen) atoms. The van der Waals surface area contributed by atoms with Crippen molar-refractivity contribution < 1.29 is 27.4 Å². The molecule has 2 aromatic carbocycles. The van der Waals surface area contributed by atoms with Crippen LogP contribution in [0.3, 0.4) is 0 Å². The van der Waals surface area contributed by atoms with Crippen LogP contribution in [0.25, 0.3) is 0 Å². The van der Waals surface area contributed by atoms with Gasteiger partial charge in [0.15, 0.2) is 0 Å². The zero-order chi connectivity index (χ0) is 20.2. The molecule has 1 N–H and O–H groups in total. The van der Waals surface area contributed by atoms with Crippen LogP contribution in [0.15, 0.2) is 41.3 Å². The summed E-state index contributed by atoms with van der Waals surface area (Å²) in [6.45, 7) is 0. The minimum Gasteiger partial charge on any atom is -0.497 e. The number of anilines is 1. The van der Waals surface area contributed by atoms with Gasteiger partial charge in [0, 0.05) is 14.1 Å². The first-order chi connectivity index (χ1) is 12.7. The number of benzene rings is 2. The molecule has 2 rings (SSSR count). The normalized spacial score (nSPS) is 11.2. The Morgan fingerprint density at radius 3 is 2.11 bits per heavy atom. The maximum atomic E-state index is 12.8. The monoisotopic (exact) mass is 394 g/mol. The maximum absolute atomic E-state index is 12.8. The van der Waals surface area contributed by atoms with Gasteiger partial charge in [0.25, 0.3) is 5.91 Å². The lowest BCUT2D eigenvalue weighted by Gasteiger charge is -2.16. The van der Waals surface area contributed by atoms with Crippen LogP contribution in [0.4, 0.5) is 5.69 Å². The Kier molecular flexibility index (Phi) is 6.29. The molecular weight excluding hydrogens is 372 g/mol. The number of carbonyl (C=O) groups is 1. The quantitative estimate of drug-likeness (QED) is 0.774. The van der Waals surface area contributed by atoms with Crippen molar-refractivity contribution in [3.8, 4) is 17.2 Å². The summed E-state index contributed by atoms with van der Waals surface area (Å²) < 4.78 is 41.4. The van der Waals surface area contributed by atoms with Crippen LogP contribution >= 0.6 is 0 Å². The number of methoxy groups -OCH3 is 3. The molecule has 0 saturated heterocycles. The van der Waals surface area contributed by atoms with Crippen LogP contribution in [0, 0.1) is 0 Å². The number of hydrogen-bond donors (Lipinski definition) is 1. The van der Waals surface area contributed by atoms with Crippen molar-refractivity contribution in [2.75, 3.05) is 40.7 Å². The number of rotatable bonds is 7. The summed E-state index contributed by atoms with van der Waals surface area (Å²) in [5, 5.41) is 2.67. The largest absolute Gasteiger partial charge is 0.497 e. The molecular formula is C18H22N2O6S. The van der Waals surface area contributed by atoms with Gasteiger partial charge in [-0.1, -0.05) is 0 Å². The summed E-state index contributed by atoms with van der Waals surface area (Å²) in [7, 11) is 3.56. The second-order valence-corrected chi connectivity index (χ2v) is 7.82. The number of amides is 1. The molecule has 0 fully saturated rings. The highest BCUT2D eigenvalue weighted by atomic mass is 32.2. The molecule has 0 radical (unpaired) electrons. The van der Waals surface area contributed by atoms with E-state index in [-0.39, 0.29) is 16.1 Å². The van der Waals surface area contributed by atoms with Gasteiger partial charge < -0.3 is 19.5 Å². The summed E-state index contributed by atoms with van der Waals surface area (Å²) in [5.74, 6) is 0.660. The Balaban J connectivity index is 2.46. The van der Waals surface area contributed by atoms with Crippen LogP contribution in [0.2, 0.25) is 0 Å². The van der Waals surface area contributed by atoms with Crippen LogP contribution in [0.5, 0.6) is 17.2 Å². The first-order valence-electron chi connectivity index (χ1n) is 7.88. The first kappa shape index (κ1) is 20.5. The van der Waals surface area contributed by atoms with Gasteiger partial charge in [0.05, 0.1) is 37.5 Å². The molecule has 0 aliphatic carbocycles. The van der Waals surface area contributed by atoms with Gasteiger partial charge >= 0.3 is 0 Å². The molecule has 0 saturated carbocycles. The van der Waals surface area contributed by atoms with Crippen LogP contribution in [-0.4, -0.2) is 54.1 Å². The lowest BCUT2D eigenvalue weighted by Crippen LogP contribution is -2.22. The zero-order valence-corrected chi connectivity index (χ0v) is 16.6. The molecule has 146 valence electrons. The van der Waals surface area contributed by atoms with E-state index in [4.69, 9.17) is 14.2 Å². The Bertz CT molecular complexity index is 941. The summed E-state index contributed by atoms with van der Waals surface area (Å²) in [5.41, 5.74) is 0.454. The lowest BCUT2D eigenvalue weighted by molar-refractivity contribution is 0.102. The first-order valence-corrected chi connectivity index (χ1v) is 9.32. The van der Waals surface area contributed by atoms with Crippen molar-refractivity contribution in [1.29, 1.82) is 0 Å². The summed E-state index contributed by atoms with van der Waals surface area (Å²) in [6, 6.07) is 9.04. The summed E-state index contributed by atoms with van der Waals surface area (Å²) >= 11 is 0. The molecule has 0 atom stereocenters. The van der Waals surface area contributed by atoms with E-state index in [0.717, 1.165) is 4.31 Å².